The lowest BCUT2D eigenvalue weighted by Crippen LogP contribution is -2.16. The van der Waals surface area contributed by atoms with Gasteiger partial charge in [0.15, 0.2) is 0 Å². The molecule has 0 spiro atoms. The van der Waals surface area contributed by atoms with Gasteiger partial charge >= 0.3 is 0 Å². The second-order valence-electron chi connectivity index (χ2n) is 5.26. The minimum absolute atomic E-state index is 0.158. The van der Waals surface area contributed by atoms with E-state index < -0.39 is 0 Å². The number of nitrogens with one attached hydrogen (secondary N) is 1. The minimum Gasteiger partial charge on any atom is -0.378 e. The van der Waals surface area contributed by atoms with Crippen LogP contribution < -0.4 is 5.32 Å². The molecule has 0 saturated carbocycles. The smallest absolute Gasteiger partial charge is 0.101 e. The van der Waals surface area contributed by atoms with E-state index in [1.54, 1.807) is 12.1 Å². The normalized spacial score (nSPS) is 11.5. The first kappa shape index (κ1) is 14.6. The number of anilines is 1. The van der Waals surface area contributed by atoms with Crippen molar-refractivity contribution >= 4 is 5.69 Å². The zero-order valence-corrected chi connectivity index (χ0v) is 12.2. The van der Waals surface area contributed by atoms with Gasteiger partial charge in [0.05, 0.1) is 17.2 Å². The van der Waals surface area contributed by atoms with Gasteiger partial charge in [0.2, 0.25) is 0 Å². The van der Waals surface area contributed by atoms with Crippen LogP contribution in [0, 0.1) is 28.6 Å². The molecule has 0 aromatic heterocycles. The fraction of sp³-hybridized carbons (Fsp3) is 0.222. The highest BCUT2D eigenvalue weighted by atomic mass is 14.9. The van der Waals surface area contributed by atoms with Crippen molar-refractivity contribution in [3.05, 3.63) is 65.2 Å². The Balaban J connectivity index is 2.31. The zero-order chi connectivity index (χ0) is 15.2. The molecule has 1 atom stereocenters. The van der Waals surface area contributed by atoms with Gasteiger partial charge in [0.1, 0.15) is 12.1 Å². The van der Waals surface area contributed by atoms with Crippen LogP contribution in [0.15, 0.2) is 48.5 Å². The molecular formula is C18H17N3. The topological polar surface area (TPSA) is 59.6 Å². The van der Waals surface area contributed by atoms with Gasteiger partial charge < -0.3 is 5.32 Å². The molecule has 3 nitrogen and oxygen atoms in total. The molecule has 0 aliphatic carbocycles. The van der Waals surface area contributed by atoms with Gasteiger partial charge in [0, 0.05) is 5.69 Å². The lowest BCUT2D eigenvalue weighted by Gasteiger charge is -2.24. The van der Waals surface area contributed by atoms with Gasteiger partial charge in [0.25, 0.3) is 0 Å². The summed E-state index contributed by atoms with van der Waals surface area (Å²) in [6.45, 7) is 4.30. The van der Waals surface area contributed by atoms with Gasteiger partial charge in [-0.1, -0.05) is 44.2 Å². The Kier molecular flexibility index (Phi) is 4.59. The Morgan fingerprint density at radius 1 is 0.905 bits per heavy atom. The van der Waals surface area contributed by atoms with Crippen molar-refractivity contribution < 1.29 is 0 Å². The van der Waals surface area contributed by atoms with Crippen molar-refractivity contribution in [1.82, 2.24) is 0 Å². The second kappa shape index (κ2) is 6.59. The first-order chi connectivity index (χ1) is 10.2. The third-order valence-corrected chi connectivity index (χ3v) is 3.41. The van der Waals surface area contributed by atoms with Crippen molar-refractivity contribution in [2.24, 2.45) is 5.92 Å². The Labute approximate surface area is 125 Å². The average molecular weight is 275 g/mol. The fourth-order valence-corrected chi connectivity index (χ4v) is 2.30. The molecule has 1 unspecified atom stereocenters. The molecule has 1 N–H and O–H groups in total. The van der Waals surface area contributed by atoms with E-state index in [-0.39, 0.29) is 6.04 Å². The van der Waals surface area contributed by atoms with E-state index in [1.807, 2.05) is 30.3 Å². The number of nitrogens with zero attached hydrogens (tertiary/aromatic N) is 2. The molecular weight excluding hydrogens is 258 g/mol. The van der Waals surface area contributed by atoms with E-state index in [0.717, 1.165) is 5.69 Å². The van der Waals surface area contributed by atoms with Gasteiger partial charge in [-0.25, -0.2) is 0 Å². The van der Waals surface area contributed by atoms with Crippen molar-refractivity contribution in [1.29, 1.82) is 10.5 Å². The van der Waals surface area contributed by atoms with Gasteiger partial charge in [-0.05, 0) is 29.7 Å². The Bertz CT molecular complexity index is 691. The summed E-state index contributed by atoms with van der Waals surface area (Å²) < 4.78 is 0. The highest BCUT2D eigenvalue weighted by molar-refractivity contribution is 5.57. The van der Waals surface area contributed by atoms with Crippen LogP contribution in [0.2, 0.25) is 0 Å². The first-order valence-corrected chi connectivity index (χ1v) is 6.91. The minimum atomic E-state index is 0.158. The lowest BCUT2D eigenvalue weighted by molar-refractivity contribution is 0.546. The van der Waals surface area contributed by atoms with Crippen LogP contribution in [0.5, 0.6) is 0 Å². The number of hydrogen-bond donors (Lipinski definition) is 1. The SMILES string of the molecule is CC(C)C(Nc1ccc(C#N)c(C#N)c1)c1ccccc1. The largest absolute Gasteiger partial charge is 0.378 e. The third-order valence-electron chi connectivity index (χ3n) is 3.41. The summed E-state index contributed by atoms with van der Waals surface area (Å²) in [5.41, 5.74) is 2.87. The highest BCUT2D eigenvalue weighted by Gasteiger charge is 2.15. The number of hydrogen-bond acceptors (Lipinski definition) is 3. The maximum Gasteiger partial charge on any atom is 0.101 e. The molecule has 0 bridgehead atoms. The van der Waals surface area contributed by atoms with E-state index in [1.165, 1.54) is 5.56 Å². The number of rotatable bonds is 4. The van der Waals surface area contributed by atoms with Gasteiger partial charge in [-0.15, -0.1) is 0 Å². The molecule has 3 heteroatoms. The summed E-state index contributed by atoms with van der Waals surface area (Å²) in [4.78, 5) is 0. The van der Waals surface area contributed by atoms with Crippen LogP contribution in [0.25, 0.3) is 0 Å². The van der Waals surface area contributed by atoms with Crippen LogP contribution in [0.3, 0.4) is 0 Å². The van der Waals surface area contributed by atoms with Crippen LogP contribution in [0.4, 0.5) is 5.69 Å². The third kappa shape index (κ3) is 3.41. The van der Waals surface area contributed by atoms with Crippen molar-refractivity contribution in [2.45, 2.75) is 19.9 Å². The van der Waals surface area contributed by atoms with E-state index in [4.69, 9.17) is 10.5 Å². The van der Waals surface area contributed by atoms with Crippen molar-refractivity contribution in [3.8, 4) is 12.1 Å². The number of nitriles is 2. The summed E-state index contributed by atoms with van der Waals surface area (Å²) >= 11 is 0. The van der Waals surface area contributed by atoms with Crippen LogP contribution in [-0.2, 0) is 0 Å². The molecule has 104 valence electrons. The Hall–Kier alpha value is -2.78. The lowest BCUT2D eigenvalue weighted by atomic mass is 9.95. The molecule has 2 rings (SSSR count). The standard InChI is InChI=1S/C18H17N3/c1-13(2)18(14-6-4-3-5-7-14)21-17-9-8-15(11-19)16(10-17)12-20/h3-10,13,18,21H,1-2H3. The molecule has 0 amide bonds. The summed E-state index contributed by atoms with van der Waals surface area (Å²) in [6.07, 6.45) is 0. The molecule has 0 radical (unpaired) electrons. The predicted molar refractivity (Wildman–Crippen MR) is 83.5 cm³/mol. The van der Waals surface area contributed by atoms with E-state index in [9.17, 15) is 0 Å². The summed E-state index contributed by atoms with van der Waals surface area (Å²) in [5, 5.41) is 21.5. The molecule has 0 aliphatic heterocycles. The predicted octanol–water partition coefficient (Wildman–Crippen LogP) is 4.24. The summed E-state index contributed by atoms with van der Waals surface area (Å²) in [6, 6.07) is 19.7. The zero-order valence-electron chi connectivity index (χ0n) is 12.2. The Morgan fingerprint density at radius 2 is 1.57 bits per heavy atom. The number of benzene rings is 2. The van der Waals surface area contributed by atoms with Crippen LogP contribution in [-0.4, -0.2) is 0 Å². The molecule has 0 aliphatic rings. The van der Waals surface area contributed by atoms with Crippen molar-refractivity contribution in [3.63, 3.8) is 0 Å². The van der Waals surface area contributed by atoms with Crippen molar-refractivity contribution in [2.75, 3.05) is 5.32 Å². The maximum absolute atomic E-state index is 9.11. The maximum atomic E-state index is 9.11. The van der Waals surface area contributed by atoms with E-state index in [2.05, 4.69) is 37.4 Å². The molecule has 0 saturated heterocycles. The molecule has 0 heterocycles. The highest BCUT2D eigenvalue weighted by Crippen LogP contribution is 2.27. The van der Waals surface area contributed by atoms with Crippen LogP contribution >= 0.6 is 0 Å². The van der Waals surface area contributed by atoms with Gasteiger partial charge in [-0.3, -0.25) is 0 Å². The quantitative estimate of drug-likeness (QED) is 0.907. The molecule has 2 aromatic rings. The van der Waals surface area contributed by atoms with E-state index >= 15 is 0 Å². The molecule has 0 fully saturated rings. The summed E-state index contributed by atoms with van der Waals surface area (Å²) in [5.74, 6) is 0.397. The van der Waals surface area contributed by atoms with Gasteiger partial charge in [-0.2, -0.15) is 10.5 Å². The monoisotopic (exact) mass is 275 g/mol. The van der Waals surface area contributed by atoms with Crippen LogP contribution in [0.1, 0.15) is 36.6 Å². The fourth-order valence-electron chi connectivity index (χ4n) is 2.30. The summed E-state index contributed by atoms with van der Waals surface area (Å²) in [7, 11) is 0. The van der Waals surface area contributed by atoms with E-state index in [0.29, 0.717) is 17.0 Å². The second-order valence-corrected chi connectivity index (χ2v) is 5.26. The molecule has 2 aromatic carbocycles. The molecule has 21 heavy (non-hydrogen) atoms. The Morgan fingerprint density at radius 3 is 2.14 bits per heavy atom. The average Bonchev–Trinajstić information content (AvgIpc) is 2.52. The first-order valence-electron chi connectivity index (χ1n) is 6.91.